The number of amides is 2. The van der Waals surface area contributed by atoms with E-state index in [2.05, 4.69) is 16.0 Å². The minimum absolute atomic E-state index is 0.255. The number of halogens is 1. The van der Waals surface area contributed by atoms with E-state index in [9.17, 15) is 14.0 Å². The van der Waals surface area contributed by atoms with Crippen LogP contribution in [0, 0.1) is 19.7 Å². The fraction of sp³-hybridized carbons (Fsp3) is 0.360. The predicted molar refractivity (Wildman–Crippen MR) is 135 cm³/mol. The summed E-state index contributed by atoms with van der Waals surface area (Å²) >= 11 is 2.99. The molecule has 34 heavy (non-hydrogen) atoms. The second-order valence-electron chi connectivity index (χ2n) is 8.50. The summed E-state index contributed by atoms with van der Waals surface area (Å²) in [7, 11) is 0. The monoisotopic (exact) mass is 501 g/mol. The third kappa shape index (κ3) is 5.16. The Labute approximate surface area is 206 Å². The van der Waals surface area contributed by atoms with Crippen LogP contribution in [0.1, 0.15) is 50.7 Å². The molecule has 0 aliphatic carbocycles. The van der Waals surface area contributed by atoms with Gasteiger partial charge < -0.3 is 15.4 Å². The number of carbonyl (C=O) groups excluding carboxylic acids is 2. The van der Waals surface area contributed by atoms with E-state index >= 15 is 0 Å². The van der Waals surface area contributed by atoms with Crippen LogP contribution >= 0.6 is 22.7 Å². The molecule has 1 aliphatic heterocycles. The van der Waals surface area contributed by atoms with Gasteiger partial charge in [0.2, 0.25) is 0 Å². The van der Waals surface area contributed by atoms with Crippen LogP contribution in [0.4, 0.5) is 14.2 Å². The Morgan fingerprint density at radius 3 is 2.76 bits per heavy atom. The molecule has 9 heteroatoms. The molecule has 3 heterocycles. The fourth-order valence-corrected chi connectivity index (χ4v) is 6.38. The standard InChI is InChI=1S/C25H28FN3O3S2/c1-13(2)32-24(30)21-14(3)15(4)33-23(21)29-25(31)28-11-19-18-8-9-27-12-20(18)34-22(19)16-6-5-7-17(26)10-16/h5-7,10,13,27H,8-9,11-12H2,1-4H3,(H2,28,29,31). The van der Waals surface area contributed by atoms with Gasteiger partial charge in [-0.2, -0.15) is 0 Å². The Morgan fingerprint density at radius 2 is 2.03 bits per heavy atom. The van der Waals surface area contributed by atoms with E-state index in [1.54, 1.807) is 31.3 Å². The molecular weight excluding hydrogens is 473 g/mol. The van der Waals surface area contributed by atoms with Crippen LogP contribution < -0.4 is 16.0 Å². The van der Waals surface area contributed by atoms with E-state index in [0.29, 0.717) is 17.1 Å². The van der Waals surface area contributed by atoms with E-state index in [1.165, 1.54) is 33.9 Å². The number of nitrogens with one attached hydrogen (secondary N) is 3. The largest absolute Gasteiger partial charge is 0.459 e. The summed E-state index contributed by atoms with van der Waals surface area (Å²) in [5.74, 6) is -0.733. The number of hydrogen-bond donors (Lipinski definition) is 3. The summed E-state index contributed by atoms with van der Waals surface area (Å²) in [6, 6.07) is 6.14. The van der Waals surface area contributed by atoms with Gasteiger partial charge in [0.05, 0.1) is 11.7 Å². The quantitative estimate of drug-likeness (QED) is 0.375. The topological polar surface area (TPSA) is 79.5 Å². The fourth-order valence-electron chi connectivity index (χ4n) is 4.00. The number of rotatable bonds is 6. The van der Waals surface area contributed by atoms with Gasteiger partial charge in [0.15, 0.2) is 0 Å². The molecule has 1 aromatic carbocycles. The molecule has 6 nitrogen and oxygen atoms in total. The summed E-state index contributed by atoms with van der Waals surface area (Å²) in [6.07, 6.45) is 0.600. The summed E-state index contributed by atoms with van der Waals surface area (Å²) in [5.41, 5.74) is 4.23. The molecule has 0 fully saturated rings. The molecule has 0 atom stereocenters. The van der Waals surface area contributed by atoms with Crippen molar-refractivity contribution in [3.8, 4) is 10.4 Å². The Morgan fingerprint density at radius 1 is 1.24 bits per heavy atom. The number of thiophene rings is 2. The number of carbonyl (C=O) groups is 2. The number of aryl methyl sites for hydroxylation is 1. The second kappa shape index (κ2) is 10.2. The highest BCUT2D eigenvalue weighted by atomic mass is 32.1. The van der Waals surface area contributed by atoms with Crippen molar-refractivity contribution < 1.29 is 18.7 Å². The van der Waals surface area contributed by atoms with Gasteiger partial charge in [-0.1, -0.05) is 12.1 Å². The van der Waals surface area contributed by atoms with Crippen molar-refractivity contribution in [3.05, 3.63) is 62.1 Å². The van der Waals surface area contributed by atoms with Crippen molar-refractivity contribution in [2.75, 3.05) is 11.9 Å². The van der Waals surface area contributed by atoms with E-state index < -0.39 is 12.0 Å². The number of fused-ring (bicyclic) bond motifs is 1. The van der Waals surface area contributed by atoms with Gasteiger partial charge in [-0.3, -0.25) is 5.32 Å². The molecule has 180 valence electrons. The van der Waals surface area contributed by atoms with E-state index in [-0.39, 0.29) is 11.9 Å². The molecule has 2 amide bonds. The lowest BCUT2D eigenvalue weighted by Crippen LogP contribution is -2.30. The van der Waals surface area contributed by atoms with Crippen molar-refractivity contribution in [1.29, 1.82) is 0 Å². The molecule has 4 rings (SSSR count). The number of anilines is 1. The van der Waals surface area contributed by atoms with Gasteiger partial charge in [0.25, 0.3) is 0 Å². The Hall–Kier alpha value is -2.75. The first-order chi connectivity index (χ1) is 16.2. The van der Waals surface area contributed by atoms with Crippen molar-refractivity contribution >= 4 is 39.7 Å². The van der Waals surface area contributed by atoms with Gasteiger partial charge in [-0.25, -0.2) is 14.0 Å². The summed E-state index contributed by atoms with van der Waals surface area (Å²) < 4.78 is 19.3. The third-order valence-corrected chi connectivity index (χ3v) is 8.16. The maximum Gasteiger partial charge on any atom is 0.341 e. The van der Waals surface area contributed by atoms with Crippen LogP contribution in [0.15, 0.2) is 24.3 Å². The normalized spacial score (nSPS) is 13.0. The minimum atomic E-state index is -0.444. The Balaban J connectivity index is 1.55. The second-order valence-corrected chi connectivity index (χ2v) is 10.8. The smallest absolute Gasteiger partial charge is 0.341 e. The van der Waals surface area contributed by atoms with Crippen LogP contribution in [0.3, 0.4) is 0 Å². The predicted octanol–water partition coefficient (Wildman–Crippen LogP) is 5.77. The van der Waals surface area contributed by atoms with Gasteiger partial charge in [-0.05, 0) is 75.0 Å². The third-order valence-electron chi connectivity index (χ3n) is 5.71. The molecule has 0 saturated heterocycles. The van der Waals surface area contributed by atoms with E-state index in [0.717, 1.165) is 46.0 Å². The maximum atomic E-state index is 13.9. The number of urea groups is 1. The van der Waals surface area contributed by atoms with E-state index in [4.69, 9.17) is 4.74 Å². The van der Waals surface area contributed by atoms with Crippen LogP contribution in [0.2, 0.25) is 0 Å². The average molecular weight is 502 g/mol. The van der Waals surface area contributed by atoms with Crippen LogP contribution in [0.25, 0.3) is 10.4 Å². The first-order valence-corrected chi connectivity index (χ1v) is 12.8. The number of esters is 1. The van der Waals surface area contributed by atoms with Gasteiger partial charge in [-0.15, -0.1) is 22.7 Å². The average Bonchev–Trinajstić information content (AvgIpc) is 3.28. The zero-order valence-electron chi connectivity index (χ0n) is 19.6. The minimum Gasteiger partial charge on any atom is -0.459 e. The lowest BCUT2D eigenvalue weighted by molar-refractivity contribution is 0.0379. The van der Waals surface area contributed by atoms with Crippen LogP contribution in [0.5, 0.6) is 0 Å². The highest BCUT2D eigenvalue weighted by Crippen LogP contribution is 2.39. The van der Waals surface area contributed by atoms with Crippen molar-refractivity contribution in [3.63, 3.8) is 0 Å². The Kier molecular flexibility index (Phi) is 7.35. The maximum absolute atomic E-state index is 13.9. The van der Waals surface area contributed by atoms with Crippen LogP contribution in [-0.4, -0.2) is 24.6 Å². The molecule has 0 bridgehead atoms. The molecule has 0 spiro atoms. The molecule has 0 radical (unpaired) electrons. The zero-order chi connectivity index (χ0) is 24.4. The van der Waals surface area contributed by atoms with E-state index in [1.807, 2.05) is 19.9 Å². The van der Waals surface area contributed by atoms with Crippen LogP contribution in [-0.2, 0) is 24.2 Å². The first kappa shape index (κ1) is 24.4. The summed E-state index contributed by atoms with van der Waals surface area (Å²) in [4.78, 5) is 28.6. The zero-order valence-corrected chi connectivity index (χ0v) is 21.3. The van der Waals surface area contributed by atoms with Crippen molar-refractivity contribution in [2.24, 2.45) is 0 Å². The number of ether oxygens (including phenoxy) is 1. The molecule has 1 aliphatic rings. The molecule has 3 N–H and O–H groups in total. The number of hydrogen-bond acceptors (Lipinski definition) is 6. The molecule has 0 saturated carbocycles. The van der Waals surface area contributed by atoms with Gasteiger partial charge >= 0.3 is 12.0 Å². The highest BCUT2D eigenvalue weighted by Gasteiger charge is 2.25. The lowest BCUT2D eigenvalue weighted by Gasteiger charge is -2.15. The Bertz CT molecular complexity index is 1230. The molecule has 3 aromatic rings. The number of benzene rings is 1. The summed E-state index contributed by atoms with van der Waals surface area (Å²) in [5, 5.41) is 9.62. The van der Waals surface area contributed by atoms with Crippen molar-refractivity contribution in [1.82, 2.24) is 10.6 Å². The van der Waals surface area contributed by atoms with Gasteiger partial charge in [0.1, 0.15) is 10.8 Å². The van der Waals surface area contributed by atoms with Gasteiger partial charge in [0, 0.05) is 27.7 Å². The summed E-state index contributed by atoms with van der Waals surface area (Å²) in [6.45, 7) is 9.27. The lowest BCUT2D eigenvalue weighted by atomic mass is 10.00. The first-order valence-electron chi connectivity index (χ1n) is 11.2. The SMILES string of the molecule is Cc1sc(NC(=O)NCc2c(-c3cccc(F)c3)sc3c2CCNC3)c(C(=O)OC(C)C)c1C. The molecule has 0 unspecified atom stereocenters. The highest BCUT2D eigenvalue weighted by molar-refractivity contribution is 7.17. The van der Waals surface area contributed by atoms with Crippen molar-refractivity contribution in [2.45, 2.75) is 53.3 Å². The molecule has 2 aromatic heterocycles. The molecular formula is C25H28FN3O3S2.